The van der Waals surface area contributed by atoms with Gasteiger partial charge in [0.15, 0.2) is 11.5 Å². The molecule has 1 aromatic carbocycles. The lowest BCUT2D eigenvalue weighted by molar-refractivity contribution is 0.0955. The van der Waals surface area contributed by atoms with Crippen molar-refractivity contribution in [1.29, 1.82) is 0 Å². The monoisotopic (exact) mass is 372 g/mol. The third-order valence-corrected chi connectivity index (χ3v) is 5.23. The van der Waals surface area contributed by atoms with E-state index in [1.54, 1.807) is 7.11 Å². The van der Waals surface area contributed by atoms with Crippen molar-refractivity contribution >= 4 is 27.3 Å². The third-order valence-electron chi connectivity index (χ3n) is 4.15. The van der Waals surface area contributed by atoms with Crippen molar-refractivity contribution in [1.82, 2.24) is 9.88 Å². The number of nitrogens with one attached hydrogen (secondary N) is 1. The van der Waals surface area contributed by atoms with Crippen molar-refractivity contribution in [2.45, 2.75) is 33.4 Å². The molecule has 138 valence electrons. The molecule has 3 aromatic rings. The number of fused-ring (bicyclic) bond motifs is 1. The Morgan fingerprint density at radius 2 is 2.04 bits per heavy atom. The second-order valence-corrected chi connectivity index (χ2v) is 7.41. The average Bonchev–Trinajstić information content (AvgIpc) is 3.20. The van der Waals surface area contributed by atoms with Crippen LogP contribution in [0.15, 0.2) is 36.7 Å². The minimum atomic E-state index is -0.0600. The molecular formula is C20H24N2O3S. The van der Waals surface area contributed by atoms with E-state index in [0.717, 1.165) is 20.5 Å². The Morgan fingerprint density at radius 1 is 1.23 bits per heavy atom. The number of hydrogen-bond donors (Lipinski definition) is 1. The van der Waals surface area contributed by atoms with Gasteiger partial charge in [-0.05, 0) is 44.5 Å². The number of carbonyl (C=O) groups is 1. The van der Waals surface area contributed by atoms with Crippen molar-refractivity contribution in [3.05, 3.63) is 47.1 Å². The number of thiophene rings is 1. The Kier molecular flexibility index (Phi) is 5.52. The summed E-state index contributed by atoms with van der Waals surface area (Å²) in [4.78, 5) is 13.2. The fourth-order valence-corrected chi connectivity index (χ4v) is 3.72. The SMILES string of the molecule is CCOc1ccc(CNC(=O)c2cc3cn(C(C)C)cc3s2)cc1OC. The van der Waals surface area contributed by atoms with E-state index < -0.39 is 0 Å². The maximum absolute atomic E-state index is 12.5. The van der Waals surface area contributed by atoms with Crippen LogP contribution >= 0.6 is 11.3 Å². The first-order valence-electron chi connectivity index (χ1n) is 8.70. The molecule has 2 heterocycles. The van der Waals surface area contributed by atoms with Gasteiger partial charge in [-0.2, -0.15) is 0 Å². The van der Waals surface area contributed by atoms with Gasteiger partial charge >= 0.3 is 0 Å². The quantitative estimate of drug-likeness (QED) is 0.658. The normalized spacial score (nSPS) is 11.1. The van der Waals surface area contributed by atoms with Crippen LogP contribution in [0.25, 0.3) is 10.1 Å². The molecule has 1 amide bonds. The highest BCUT2D eigenvalue weighted by Gasteiger charge is 2.13. The van der Waals surface area contributed by atoms with Crippen molar-refractivity contribution in [2.24, 2.45) is 0 Å². The van der Waals surface area contributed by atoms with E-state index >= 15 is 0 Å². The van der Waals surface area contributed by atoms with Crippen molar-refractivity contribution in [2.75, 3.05) is 13.7 Å². The number of benzene rings is 1. The van der Waals surface area contributed by atoms with Crippen LogP contribution in [0.5, 0.6) is 11.5 Å². The van der Waals surface area contributed by atoms with Crippen LogP contribution < -0.4 is 14.8 Å². The molecule has 0 radical (unpaired) electrons. The van der Waals surface area contributed by atoms with Crippen LogP contribution in [0.4, 0.5) is 0 Å². The topological polar surface area (TPSA) is 52.5 Å². The van der Waals surface area contributed by atoms with Gasteiger partial charge in [-0.3, -0.25) is 4.79 Å². The molecule has 0 saturated carbocycles. The van der Waals surface area contributed by atoms with Gasteiger partial charge in [0.05, 0.1) is 23.3 Å². The zero-order valence-corrected chi connectivity index (χ0v) is 16.4. The molecule has 0 aliphatic rings. The fraction of sp³-hybridized carbons (Fsp3) is 0.350. The molecule has 0 unspecified atom stereocenters. The van der Waals surface area contributed by atoms with E-state index in [0.29, 0.717) is 30.7 Å². The van der Waals surface area contributed by atoms with Gasteiger partial charge in [-0.25, -0.2) is 0 Å². The first-order chi connectivity index (χ1) is 12.5. The maximum Gasteiger partial charge on any atom is 0.261 e. The first-order valence-corrected chi connectivity index (χ1v) is 9.52. The third kappa shape index (κ3) is 3.85. The number of hydrogen-bond acceptors (Lipinski definition) is 4. The molecule has 0 fully saturated rings. The number of ether oxygens (including phenoxy) is 2. The number of methoxy groups -OCH3 is 1. The summed E-state index contributed by atoms with van der Waals surface area (Å²) >= 11 is 1.52. The van der Waals surface area contributed by atoms with Gasteiger partial charge in [-0.15, -0.1) is 11.3 Å². The smallest absolute Gasteiger partial charge is 0.261 e. The predicted molar refractivity (Wildman–Crippen MR) is 106 cm³/mol. The Labute approximate surface area is 157 Å². The Balaban J connectivity index is 1.67. The van der Waals surface area contributed by atoms with E-state index in [1.807, 2.05) is 31.2 Å². The van der Waals surface area contributed by atoms with Gasteiger partial charge in [-0.1, -0.05) is 6.07 Å². The molecule has 0 saturated heterocycles. The minimum absolute atomic E-state index is 0.0600. The van der Waals surface area contributed by atoms with E-state index in [1.165, 1.54) is 11.3 Å². The van der Waals surface area contributed by atoms with Gasteiger partial charge in [0.25, 0.3) is 5.91 Å². The summed E-state index contributed by atoms with van der Waals surface area (Å²) < 4.78 is 14.2. The summed E-state index contributed by atoms with van der Waals surface area (Å²) in [5.41, 5.74) is 0.965. The van der Waals surface area contributed by atoms with Crippen LogP contribution in [0, 0.1) is 0 Å². The molecule has 0 aliphatic carbocycles. The first kappa shape index (κ1) is 18.3. The lowest BCUT2D eigenvalue weighted by Gasteiger charge is -2.11. The number of carbonyl (C=O) groups excluding carboxylic acids is 1. The Morgan fingerprint density at radius 3 is 2.69 bits per heavy atom. The van der Waals surface area contributed by atoms with E-state index in [2.05, 4.69) is 36.1 Å². The molecule has 0 atom stereocenters. The van der Waals surface area contributed by atoms with Crippen LogP contribution in [0.2, 0.25) is 0 Å². The van der Waals surface area contributed by atoms with Crippen molar-refractivity contribution in [3.63, 3.8) is 0 Å². The molecule has 0 spiro atoms. The molecule has 5 nitrogen and oxygen atoms in total. The summed E-state index contributed by atoms with van der Waals surface area (Å²) in [6.07, 6.45) is 4.18. The van der Waals surface area contributed by atoms with Crippen LogP contribution in [0.1, 0.15) is 42.0 Å². The predicted octanol–water partition coefficient (Wildman–Crippen LogP) is 4.62. The summed E-state index contributed by atoms with van der Waals surface area (Å²) in [6, 6.07) is 8.06. The standard InChI is InChI=1S/C20H24N2O3S/c1-5-25-16-7-6-14(8-17(16)24-4)10-21-20(23)18-9-15-11-22(13(2)3)12-19(15)26-18/h6-9,11-13H,5,10H2,1-4H3,(H,21,23). The fourth-order valence-electron chi connectivity index (χ4n) is 2.73. The second-order valence-electron chi connectivity index (χ2n) is 6.33. The molecule has 3 rings (SSSR count). The van der Waals surface area contributed by atoms with Crippen molar-refractivity contribution in [3.8, 4) is 11.5 Å². The number of amides is 1. The van der Waals surface area contributed by atoms with Gasteiger partial charge in [0, 0.05) is 30.4 Å². The number of rotatable bonds is 7. The van der Waals surface area contributed by atoms with E-state index in [4.69, 9.17) is 9.47 Å². The highest BCUT2D eigenvalue weighted by molar-refractivity contribution is 7.20. The Bertz CT molecular complexity index is 880. The summed E-state index contributed by atoms with van der Waals surface area (Å²) in [5.74, 6) is 1.32. The molecule has 1 N–H and O–H groups in total. The zero-order chi connectivity index (χ0) is 18.7. The summed E-state index contributed by atoms with van der Waals surface area (Å²) in [5, 5.41) is 4.08. The minimum Gasteiger partial charge on any atom is -0.493 e. The van der Waals surface area contributed by atoms with Gasteiger partial charge < -0.3 is 19.4 Å². The lowest BCUT2D eigenvalue weighted by Crippen LogP contribution is -2.21. The largest absolute Gasteiger partial charge is 0.493 e. The average molecular weight is 372 g/mol. The second kappa shape index (κ2) is 7.83. The molecule has 2 aromatic heterocycles. The highest BCUT2D eigenvalue weighted by atomic mass is 32.1. The molecule has 6 heteroatoms. The lowest BCUT2D eigenvalue weighted by atomic mass is 10.2. The highest BCUT2D eigenvalue weighted by Crippen LogP contribution is 2.29. The van der Waals surface area contributed by atoms with Gasteiger partial charge in [0.2, 0.25) is 0 Å². The maximum atomic E-state index is 12.5. The van der Waals surface area contributed by atoms with Gasteiger partial charge in [0.1, 0.15) is 0 Å². The Hall–Kier alpha value is -2.47. The zero-order valence-electron chi connectivity index (χ0n) is 15.5. The summed E-state index contributed by atoms with van der Waals surface area (Å²) in [7, 11) is 1.61. The van der Waals surface area contributed by atoms with E-state index in [9.17, 15) is 4.79 Å². The van der Waals surface area contributed by atoms with E-state index in [-0.39, 0.29) is 5.91 Å². The van der Waals surface area contributed by atoms with Crippen LogP contribution in [0.3, 0.4) is 0 Å². The van der Waals surface area contributed by atoms with Crippen LogP contribution in [-0.2, 0) is 6.54 Å². The van der Waals surface area contributed by atoms with Crippen molar-refractivity contribution < 1.29 is 14.3 Å². The molecule has 0 bridgehead atoms. The molecule has 0 aliphatic heterocycles. The summed E-state index contributed by atoms with van der Waals surface area (Å²) in [6.45, 7) is 7.24. The molecular weight excluding hydrogens is 348 g/mol. The number of nitrogens with zero attached hydrogens (tertiary/aromatic N) is 1. The molecule has 26 heavy (non-hydrogen) atoms. The van der Waals surface area contributed by atoms with Crippen LogP contribution in [-0.4, -0.2) is 24.2 Å². The number of aromatic nitrogens is 1.